The minimum absolute atomic E-state index is 0.103. The normalized spacial score (nSPS) is 10.6. The number of halogens is 1. The summed E-state index contributed by atoms with van der Waals surface area (Å²) in [5.41, 5.74) is 0.665. The SMILES string of the molecule is Cc1cnc(Nc2cccc(-c3cnc(Cl)o3)n2)s1. The molecule has 5 nitrogen and oxygen atoms in total. The van der Waals surface area contributed by atoms with Crippen LogP contribution < -0.4 is 5.32 Å². The van der Waals surface area contributed by atoms with Crippen LogP contribution in [0.2, 0.25) is 5.35 Å². The number of thiazole rings is 1. The predicted molar refractivity (Wildman–Crippen MR) is 74.9 cm³/mol. The predicted octanol–water partition coefficient (Wildman–Crippen LogP) is 3.90. The van der Waals surface area contributed by atoms with Gasteiger partial charge in [0.1, 0.15) is 11.5 Å². The number of nitrogens with one attached hydrogen (secondary N) is 1. The van der Waals surface area contributed by atoms with E-state index in [0.717, 1.165) is 10.0 Å². The molecule has 0 aliphatic carbocycles. The van der Waals surface area contributed by atoms with Crippen molar-refractivity contribution < 1.29 is 4.42 Å². The largest absolute Gasteiger partial charge is 0.426 e. The van der Waals surface area contributed by atoms with E-state index in [1.165, 1.54) is 0 Å². The van der Waals surface area contributed by atoms with Crippen molar-refractivity contribution in [3.05, 3.63) is 40.8 Å². The Morgan fingerprint density at radius 1 is 1.26 bits per heavy atom. The Morgan fingerprint density at radius 2 is 2.16 bits per heavy atom. The van der Waals surface area contributed by atoms with Crippen molar-refractivity contribution in [2.24, 2.45) is 0 Å². The standard InChI is InChI=1S/C12H9ClN4OS/c1-7-5-15-12(19-7)17-10-4-2-3-8(16-10)9-6-14-11(13)18-9/h2-6H,1H3,(H,15,16,17). The van der Waals surface area contributed by atoms with Crippen LogP contribution in [0.1, 0.15) is 4.88 Å². The molecule has 7 heteroatoms. The molecule has 0 fully saturated rings. The average Bonchev–Trinajstić information content (AvgIpc) is 2.99. The van der Waals surface area contributed by atoms with Gasteiger partial charge in [0.15, 0.2) is 10.9 Å². The van der Waals surface area contributed by atoms with Gasteiger partial charge in [-0.15, -0.1) is 11.3 Å². The smallest absolute Gasteiger partial charge is 0.292 e. The topological polar surface area (TPSA) is 63.8 Å². The van der Waals surface area contributed by atoms with Crippen LogP contribution in [0.4, 0.5) is 10.9 Å². The first-order valence-corrected chi connectivity index (χ1v) is 6.68. The molecule has 0 saturated carbocycles. The minimum atomic E-state index is 0.103. The van der Waals surface area contributed by atoms with Gasteiger partial charge in [0.2, 0.25) is 0 Å². The number of rotatable bonds is 3. The van der Waals surface area contributed by atoms with Gasteiger partial charge < -0.3 is 9.73 Å². The first kappa shape index (κ1) is 12.1. The molecule has 0 amide bonds. The molecular formula is C12H9ClN4OS. The van der Waals surface area contributed by atoms with Gasteiger partial charge in [0.05, 0.1) is 6.20 Å². The summed E-state index contributed by atoms with van der Waals surface area (Å²) < 4.78 is 5.23. The van der Waals surface area contributed by atoms with E-state index in [-0.39, 0.29) is 5.35 Å². The van der Waals surface area contributed by atoms with E-state index in [0.29, 0.717) is 17.3 Å². The summed E-state index contributed by atoms with van der Waals surface area (Å²) in [7, 11) is 0. The van der Waals surface area contributed by atoms with E-state index in [4.69, 9.17) is 16.0 Å². The lowest BCUT2D eigenvalue weighted by atomic mass is 10.3. The van der Waals surface area contributed by atoms with E-state index in [1.807, 2.05) is 31.3 Å². The van der Waals surface area contributed by atoms with Crippen LogP contribution in [0.15, 0.2) is 35.0 Å². The second-order valence-electron chi connectivity index (χ2n) is 3.79. The van der Waals surface area contributed by atoms with Gasteiger partial charge in [0.25, 0.3) is 5.35 Å². The highest BCUT2D eigenvalue weighted by Gasteiger charge is 2.07. The average molecular weight is 293 g/mol. The maximum Gasteiger partial charge on any atom is 0.292 e. The Balaban J connectivity index is 1.87. The molecule has 19 heavy (non-hydrogen) atoms. The number of pyridine rings is 1. The van der Waals surface area contributed by atoms with Gasteiger partial charge in [-0.25, -0.2) is 15.0 Å². The van der Waals surface area contributed by atoms with Crippen molar-refractivity contribution in [1.29, 1.82) is 0 Å². The van der Waals surface area contributed by atoms with E-state index >= 15 is 0 Å². The number of hydrogen-bond donors (Lipinski definition) is 1. The second kappa shape index (κ2) is 4.99. The van der Waals surface area contributed by atoms with E-state index in [1.54, 1.807) is 17.5 Å². The molecular weight excluding hydrogens is 284 g/mol. The quantitative estimate of drug-likeness (QED) is 0.793. The van der Waals surface area contributed by atoms with Gasteiger partial charge in [-0.05, 0) is 30.7 Å². The number of aryl methyl sites for hydroxylation is 1. The van der Waals surface area contributed by atoms with Crippen molar-refractivity contribution in [2.45, 2.75) is 6.92 Å². The zero-order chi connectivity index (χ0) is 13.2. The van der Waals surface area contributed by atoms with Gasteiger partial charge in [-0.1, -0.05) is 6.07 Å². The fourth-order valence-electron chi connectivity index (χ4n) is 1.53. The lowest BCUT2D eigenvalue weighted by molar-refractivity contribution is 0.572. The van der Waals surface area contributed by atoms with E-state index in [9.17, 15) is 0 Å². The molecule has 3 aromatic heterocycles. The second-order valence-corrected chi connectivity index (χ2v) is 5.34. The van der Waals surface area contributed by atoms with Crippen LogP contribution in [0.25, 0.3) is 11.5 Å². The van der Waals surface area contributed by atoms with E-state index in [2.05, 4.69) is 20.3 Å². The summed E-state index contributed by atoms with van der Waals surface area (Å²) in [6.07, 6.45) is 3.36. The summed E-state index contributed by atoms with van der Waals surface area (Å²) in [5, 5.41) is 4.05. The van der Waals surface area contributed by atoms with Crippen LogP contribution >= 0.6 is 22.9 Å². The fraction of sp³-hybridized carbons (Fsp3) is 0.0833. The third-order valence-electron chi connectivity index (χ3n) is 2.34. The number of anilines is 2. The molecule has 96 valence electrons. The molecule has 0 radical (unpaired) electrons. The molecule has 0 unspecified atom stereocenters. The maximum absolute atomic E-state index is 5.65. The summed E-state index contributed by atoms with van der Waals surface area (Å²) in [4.78, 5) is 13.6. The summed E-state index contributed by atoms with van der Waals surface area (Å²) >= 11 is 7.22. The highest BCUT2D eigenvalue weighted by atomic mass is 35.5. The van der Waals surface area contributed by atoms with Gasteiger partial charge in [-0.2, -0.15) is 0 Å². The third kappa shape index (κ3) is 2.74. The molecule has 3 heterocycles. The third-order valence-corrected chi connectivity index (χ3v) is 3.34. The number of oxazole rings is 1. The fourth-order valence-corrected chi connectivity index (χ4v) is 2.34. The van der Waals surface area contributed by atoms with Crippen molar-refractivity contribution in [3.8, 4) is 11.5 Å². The highest BCUT2D eigenvalue weighted by molar-refractivity contribution is 7.15. The van der Waals surface area contributed by atoms with E-state index < -0.39 is 0 Å². The summed E-state index contributed by atoms with van der Waals surface area (Å²) in [6, 6.07) is 5.56. The Bertz CT molecular complexity index is 709. The monoisotopic (exact) mass is 292 g/mol. The Morgan fingerprint density at radius 3 is 2.84 bits per heavy atom. The molecule has 0 saturated heterocycles. The van der Waals surface area contributed by atoms with Crippen molar-refractivity contribution in [1.82, 2.24) is 15.0 Å². The highest BCUT2D eigenvalue weighted by Crippen LogP contribution is 2.24. The first-order valence-electron chi connectivity index (χ1n) is 5.49. The van der Waals surface area contributed by atoms with Crippen LogP contribution in [-0.4, -0.2) is 15.0 Å². The minimum Gasteiger partial charge on any atom is -0.426 e. The van der Waals surface area contributed by atoms with Crippen LogP contribution in [0.3, 0.4) is 0 Å². The lowest BCUT2D eigenvalue weighted by Crippen LogP contribution is -1.93. The van der Waals surface area contributed by atoms with Crippen LogP contribution in [0, 0.1) is 6.92 Å². The Hall–Kier alpha value is -1.92. The molecule has 3 aromatic rings. The number of nitrogens with zero attached hydrogens (tertiary/aromatic N) is 3. The molecule has 0 aliphatic rings. The molecule has 0 bridgehead atoms. The summed E-state index contributed by atoms with van der Waals surface area (Å²) in [5.74, 6) is 1.23. The van der Waals surface area contributed by atoms with Gasteiger partial charge >= 0.3 is 0 Å². The number of aromatic nitrogens is 3. The van der Waals surface area contributed by atoms with Crippen molar-refractivity contribution >= 4 is 33.9 Å². The van der Waals surface area contributed by atoms with Gasteiger partial charge in [-0.3, -0.25) is 0 Å². The maximum atomic E-state index is 5.65. The van der Waals surface area contributed by atoms with Crippen LogP contribution in [0.5, 0.6) is 0 Å². The first-order chi connectivity index (χ1) is 9.20. The Kier molecular flexibility index (Phi) is 3.18. The zero-order valence-corrected chi connectivity index (χ0v) is 11.5. The van der Waals surface area contributed by atoms with Crippen LogP contribution in [-0.2, 0) is 0 Å². The zero-order valence-electron chi connectivity index (χ0n) is 9.92. The molecule has 0 aliphatic heterocycles. The molecule has 1 N–H and O–H groups in total. The molecule has 0 aromatic carbocycles. The molecule has 0 atom stereocenters. The van der Waals surface area contributed by atoms with Crippen molar-refractivity contribution in [2.75, 3.05) is 5.32 Å². The molecule has 3 rings (SSSR count). The number of hydrogen-bond acceptors (Lipinski definition) is 6. The van der Waals surface area contributed by atoms with Gasteiger partial charge in [0, 0.05) is 11.1 Å². The van der Waals surface area contributed by atoms with Crippen molar-refractivity contribution in [3.63, 3.8) is 0 Å². The Labute approximate surface area is 118 Å². The summed E-state index contributed by atoms with van der Waals surface area (Å²) in [6.45, 7) is 2.00. The lowest BCUT2D eigenvalue weighted by Gasteiger charge is -2.02. The molecule has 0 spiro atoms.